The second kappa shape index (κ2) is 5.41. The van der Waals surface area contributed by atoms with Crippen LogP contribution in [0.15, 0.2) is 44.6 Å². The van der Waals surface area contributed by atoms with Gasteiger partial charge in [0.1, 0.15) is 5.82 Å². The summed E-state index contributed by atoms with van der Waals surface area (Å²) in [7, 11) is 0. The maximum Gasteiger partial charge on any atom is 0.237 e. The Bertz CT molecular complexity index is 649. The standard InChI is InChI=1S/C12H10N4OS2/c13-10-2-1-9(5-14-10)19-7-11-15-12(16-17-11)8-3-4-18-6-8/h1-6H,7H2,(H2,13,14). The fourth-order valence-corrected chi connectivity index (χ4v) is 2.78. The van der Waals surface area contributed by atoms with Crippen molar-refractivity contribution in [3.63, 3.8) is 0 Å². The summed E-state index contributed by atoms with van der Waals surface area (Å²) in [5, 5.41) is 7.93. The highest BCUT2D eigenvalue weighted by atomic mass is 32.2. The van der Waals surface area contributed by atoms with E-state index in [1.165, 1.54) is 0 Å². The van der Waals surface area contributed by atoms with Gasteiger partial charge in [0.25, 0.3) is 0 Å². The Labute approximate surface area is 117 Å². The Hall–Kier alpha value is -1.86. The van der Waals surface area contributed by atoms with Crippen molar-refractivity contribution in [1.82, 2.24) is 15.1 Å². The van der Waals surface area contributed by atoms with Crippen LogP contribution in [0.1, 0.15) is 5.89 Å². The summed E-state index contributed by atoms with van der Waals surface area (Å²) in [6, 6.07) is 5.66. The number of hydrogen-bond acceptors (Lipinski definition) is 7. The van der Waals surface area contributed by atoms with Gasteiger partial charge in [-0.3, -0.25) is 0 Å². The molecule has 2 N–H and O–H groups in total. The monoisotopic (exact) mass is 290 g/mol. The first-order valence-electron chi connectivity index (χ1n) is 5.51. The molecule has 19 heavy (non-hydrogen) atoms. The maximum absolute atomic E-state index is 5.53. The number of nitrogen functional groups attached to an aromatic ring is 1. The van der Waals surface area contributed by atoms with Crippen molar-refractivity contribution in [3.8, 4) is 11.4 Å². The molecular formula is C12H10N4OS2. The quantitative estimate of drug-likeness (QED) is 0.744. The number of anilines is 1. The summed E-state index contributed by atoms with van der Waals surface area (Å²) in [4.78, 5) is 9.40. The van der Waals surface area contributed by atoms with E-state index in [9.17, 15) is 0 Å². The van der Waals surface area contributed by atoms with Crippen molar-refractivity contribution in [2.24, 2.45) is 0 Å². The van der Waals surface area contributed by atoms with Crippen molar-refractivity contribution in [2.75, 3.05) is 5.73 Å². The summed E-state index contributed by atoms with van der Waals surface area (Å²) >= 11 is 3.19. The molecule has 0 amide bonds. The Kier molecular flexibility index (Phi) is 3.47. The molecule has 0 spiro atoms. The largest absolute Gasteiger partial charge is 0.384 e. The summed E-state index contributed by atoms with van der Waals surface area (Å²) < 4.78 is 5.21. The highest BCUT2D eigenvalue weighted by Gasteiger charge is 2.09. The second-order valence-electron chi connectivity index (χ2n) is 3.73. The van der Waals surface area contributed by atoms with Gasteiger partial charge in [0.15, 0.2) is 0 Å². The van der Waals surface area contributed by atoms with Crippen LogP contribution in [0.2, 0.25) is 0 Å². The van der Waals surface area contributed by atoms with Gasteiger partial charge in [-0.05, 0) is 23.6 Å². The molecule has 5 nitrogen and oxygen atoms in total. The second-order valence-corrected chi connectivity index (χ2v) is 5.56. The molecule has 0 aliphatic rings. The first-order chi connectivity index (χ1) is 9.31. The van der Waals surface area contributed by atoms with Gasteiger partial charge in [0.05, 0.1) is 5.75 Å². The fraction of sp³-hybridized carbons (Fsp3) is 0.0833. The summed E-state index contributed by atoms with van der Waals surface area (Å²) in [6.45, 7) is 0. The molecule has 0 saturated heterocycles. The lowest BCUT2D eigenvalue weighted by Gasteiger charge is -1.97. The van der Waals surface area contributed by atoms with Gasteiger partial charge in [0.2, 0.25) is 11.7 Å². The average Bonchev–Trinajstić information content (AvgIpc) is 3.09. The molecule has 0 radical (unpaired) electrons. The van der Waals surface area contributed by atoms with Crippen molar-refractivity contribution in [2.45, 2.75) is 10.6 Å². The molecule has 0 aromatic carbocycles. The van der Waals surface area contributed by atoms with Gasteiger partial charge < -0.3 is 10.3 Å². The number of nitrogens with zero attached hydrogens (tertiary/aromatic N) is 3. The number of thiophene rings is 1. The van der Waals surface area contributed by atoms with E-state index < -0.39 is 0 Å². The van der Waals surface area contributed by atoms with E-state index in [4.69, 9.17) is 10.3 Å². The zero-order valence-electron chi connectivity index (χ0n) is 9.81. The molecule has 0 aliphatic heterocycles. The molecule has 0 atom stereocenters. The van der Waals surface area contributed by atoms with E-state index in [0.717, 1.165) is 10.5 Å². The lowest BCUT2D eigenvalue weighted by atomic mass is 10.3. The van der Waals surface area contributed by atoms with E-state index in [1.807, 2.05) is 22.9 Å². The molecule has 0 saturated carbocycles. The van der Waals surface area contributed by atoms with Gasteiger partial charge in [-0.25, -0.2) is 4.98 Å². The van der Waals surface area contributed by atoms with Gasteiger partial charge in [-0.2, -0.15) is 16.3 Å². The van der Waals surface area contributed by atoms with Crippen LogP contribution >= 0.6 is 23.1 Å². The third-order valence-electron chi connectivity index (χ3n) is 2.37. The van der Waals surface area contributed by atoms with Crippen LogP contribution in [0.25, 0.3) is 11.4 Å². The summed E-state index contributed by atoms with van der Waals surface area (Å²) in [5.74, 6) is 2.36. The summed E-state index contributed by atoms with van der Waals surface area (Å²) in [5.41, 5.74) is 6.52. The van der Waals surface area contributed by atoms with E-state index in [-0.39, 0.29) is 0 Å². The predicted molar refractivity (Wildman–Crippen MR) is 75.8 cm³/mol. The topological polar surface area (TPSA) is 77.8 Å². The first-order valence-corrected chi connectivity index (χ1v) is 7.43. The van der Waals surface area contributed by atoms with Crippen molar-refractivity contribution in [3.05, 3.63) is 41.0 Å². The molecular weight excluding hydrogens is 280 g/mol. The molecule has 0 fully saturated rings. The Balaban J connectivity index is 1.66. The Morgan fingerprint density at radius 1 is 1.32 bits per heavy atom. The minimum absolute atomic E-state index is 0.516. The maximum atomic E-state index is 5.53. The first kappa shape index (κ1) is 12.2. The van der Waals surface area contributed by atoms with E-state index >= 15 is 0 Å². The molecule has 3 rings (SSSR count). The number of thioether (sulfide) groups is 1. The van der Waals surface area contributed by atoms with Crippen molar-refractivity contribution in [1.29, 1.82) is 0 Å². The minimum Gasteiger partial charge on any atom is -0.384 e. The van der Waals surface area contributed by atoms with Crippen LogP contribution in [0, 0.1) is 0 Å². The molecule has 0 unspecified atom stereocenters. The molecule has 7 heteroatoms. The number of rotatable bonds is 4. The van der Waals surface area contributed by atoms with Crippen molar-refractivity contribution < 1.29 is 4.52 Å². The number of nitrogens with two attached hydrogens (primary N) is 1. The van der Waals surface area contributed by atoms with Crippen LogP contribution in [0.5, 0.6) is 0 Å². The third kappa shape index (κ3) is 2.94. The molecule has 0 aliphatic carbocycles. The Morgan fingerprint density at radius 3 is 3.00 bits per heavy atom. The lowest BCUT2D eigenvalue weighted by molar-refractivity contribution is 0.391. The smallest absolute Gasteiger partial charge is 0.237 e. The van der Waals surface area contributed by atoms with Crippen LogP contribution < -0.4 is 5.73 Å². The van der Waals surface area contributed by atoms with E-state index in [1.54, 1.807) is 35.4 Å². The highest BCUT2D eigenvalue weighted by Crippen LogP contribution is 2.24. The molecule has 3 aromatic rings. The number of pyridine rings is 1. The van der Waals surface area contributed by atoms with Crippen LogP contribution in [-0.2, 0) is 5.75 Å². The van der Waals surface area contributed by atoms with Gasteiger partial charge in [-0.15, -0.1) is 11.8 Å². The van der Waals surface area contributed by atoms with Crippen LogP contribution in [0.4, 0.5) is 5.82 Å². The molecule has 3 heterocycles. The zero-order chi connectivity index (χ0) is 13.1. The van der Waals surface area contributed by atoms with Gasteiger partial charge in [0, 0.05) is 22.0 Å². The normalized spacial score (nSPS) is 10.7. The van der Waals surface area contributed by atoms with Crippen LogP contribution in [0.3, 0.4) is 0 Å². The molecule has 96 valence electrons. The molecule has 3 aromatic heterocycles. The Morgan fingerprint density at radius 2 is 2.26 bits per heavy atom. The van der Waals surface area contributed by atoms with Gasteiger partial charge in [-0.1, -0.05) is 5.16 Å². The van der Waals surface area contributed by atoms with E-state index in [0.29, 0.717) is 23.3 Å². The zero-order valence-corrected chi connectivity index (χ0v) is 11.4. The summed E-state index contributed by atoms with van der Waals surface area (Å²) in [6.07, 6.45) is 1.73. The fourth-order valence-electron chi connectivity index (χ4n) is 1.44. The van der Waals surface area contributed by atoms with E-state index in [2.05, 4.69) is 15.1 Å². The minimum atomic E-state index is 0.516. The number of aromatic nitrogens is 3. The lowest BCUT2D eigenvalue weighted by Crippen LogP contribution is -1.88. The number of hydrogen-bond donors (Lipinski definition) is 1. The molecule has 0 bridgehead atoms. The predicted octanol–water partition coefficient (Wildman–Crippen LogP) is 3.07. The van der Waals surface area contributed by atoms with Crippen LogP contribution in [-0.4, -0.2) is 15.1 Å². The van der Waals surface area contributed by atoms with Gasteiger partial charge >= 0.3 is 0 Å². The third-order valence-corrected chi connectivity index (χ3v) is 4.02. The average molecular weight is 290 g/mol. The highest BCUT2D eigenvalue weighted by molar-refractivity contribution is 7.98. The SMILES string of the molecule is Nc1ccc(SCc2nc(-c3ccsc3)no2)cn1. The van der Waals surface area contributed by atoms with Crippen molar-refractivity contribution >= 4 is 28.9 Å².